The molecule has 1 aromatic rings. The largest absolute Gasteiger partial charge is 0.384 e. The standard InChI is InChI=1S/C18H30N2O/c1-16-9-6-7-13-20(16)14-8-12-19-15-18(2,21)17-10-4-3-5-11-17/h3-5,10-11,16,19,21H,6-9,12-15H2,1-2H3. The first-order valence-corrected chi connectivity index (χ1v) is 8.32. The molecule has 2 unspecified atom stereocenters. The van der Waals surface area contributed by atoms with Crippen molar-refractivity contribution in [2.24, 2.45) is 0 Å². The van der Waals surface area contributed by atoms with Gasteiger partial charge in [-0.2, -0.15) is 0 Å². The Morgan fingerprint density at radius 2 is 2.05 bits per heavy atom. The Kier molecular flexibility index (Phi) is 6.22. The molecule has 21 heavy (non-hydrogen) atoms. The van der Waals surface area contributed by atoms with E-state index in [9.17, 15) is 5.11 Å². The molecule has 1 aliphatic heterocycles. The van der Waals surface area contributed by atoms with E-state index in [4.69, 9.17) is 0 Å². The van der Waals surface area contributed by atoms with Crippen LogP contribution in [0.4, 0.5) is 0 Å². The second-order valence-electron chi connectivity index (χ2n) is 6.55. The fourth-order valence-corrected chi connectivity index (χ4v) is 3.13. The van der Waals surface area contributed by atoms with E-state index < -0.39 is 5.60 Å². The molecule has 1 heterocycles. The fraction of sp³-hybridized carbons (Fsp3) is 0.667. The molecule has 3 heteroatoms. The Labute approximate surface area is 129 Å². The van der Waals surface area contributed by atoms with Crippen LogP contribution in [0, 0.1) is 0 Å². The number of benzene rings is 1. The Morgan fingerprint density at radius 3 is 2.76 bits per heavy atom. The zero-order valence-electron chi connectivity index (χ0n) is 13.5. The molecular formula is C18H30N2O. The van der Waals surface area contributed by atoms with Gasteiger partial charge in [0.2, 0.25) is 0 Å². The third-order valence-electron chi connectivity index (χ3n) is 4.60. The van der Waals surface area contributed by atoms with Crippen LogP contribution in [0.25, 0.3) is 0 Å². The normalized spacial score (nSPS) is 22.9. The molecule has 2 atom stereocenters. The molecule has 0 saturated carbocycles. The second-order valence-corrected chi connectivity index (χ2v) is 6.55. The van der Waals surface area contributed by atoms with Crippen molar-refractivity contribution in [1.29, 1.82) is 0 Å². The van der Waals surface area contributed by atoms with Gasteiger partial charge >= 0.3 is 0 Å². The molecule has 1 aliphatic rings. The van der Waals surface area contributed by atoms with Crippen molar-refractivity contribution in [2.75, 3.05) is 26.2 Å². The van der Waals surface area contributed by atoms with Gasteiger partial charge in [0.15, 0.2) is 0 Å². The van der Waals surface area contributed by atoms with Gasteiger partial charge in [-0.15, -0.1) is 0 Å². The monoisotopic (exact) mass is 290 g/mol. The zero-order valence-corrected chi connectivity index (χ0v) is 13.5. The molecule has 0 radical (unpaired) electrons. The van der Waals surface area contributed by atoms with Gasteiger partial charge in [0.25, 0.3) is 0 Å². The van der Waals surface area contributed by atoms with Crippen LogP contribution in [0.1, 0.15) is 45.1 Å². The van der Waals surface area contributed by atoms with Gasteiger partial charge < -0.3 is 15.3 Å². The number of nitrogens with zero attached hydrogens (tertiary/aromatic N) is 1. The molecule has 0 spiro atoms. The van der Waals surface area contributed by atoms with Crippen LogP contribution < -0.4 is 5.32 Å². The van der Waals surface area contributed by atoms with Crippen LogP contribution in [0.5, 0.6) is 0 Å². The third kappa shape index (κ3) is 5.10. The van der Waals surface area contributed by atoms with Gasteiger partial charge in [0, 0.05) is 12.6 Å². The lowest BCUT2D eigenvalue weighted by molar-refractivity contribution is 0.0566. The lowest BCUT2D eigenvalue weighted by Crippen LogP contribution is -2.40. The Morgan fingerprint density at radius 1 is 1.29 bits per heavy atom. The maximum absolute atomic E-state index is 10.5. The highest BCUT2D eigenvalue weighted by Gasteiger charge is 2.22. The predicted octanol–water partition coefficient (Wildman–Crippen LogP) is 2.75. The molecular weight excluding hydrogens is 260 g/mol. The van der Waals surface area contributed by atoms with Crippen LogP contribution in [0.2, 0.25) is 0 Å². The molecule has 2 rings (SSSR count). The van der Waals surface area contributed by atoms with Gasteiger partial charge in [-0.1, -0.05) is 36.8 Å². The molecule has 118 valence electrons. The average molecular weight is 290 g/mol. The minimum Gasteiger partial charge on any atom is -0.384 e. The first-order chi connectivity index (χ1) is 10.1. The summed E-state index contributed by atoms with van der Waals surface area (Å²) < 4.78 is 0. The maximum Gasteiger partial charge on any atom is 0.0992 e. The van der Waals surface area contributed by atoms with Crippen molar-refractivity contribution in [3.63, 3.8) is 0 Å². The molecule has 1 saturated heterocycles. The van der Waals surface area contributed by atoms with Crippen molar-refractivity contribution in [3.05, 3.63) is 35.9 Å². The zero-order chi connectivity index (χ0) is 15.1. The first kappa shape index (κ1) is 16.5. The quantitative estimate of drug-likeness (QED) is 0.758. The highest BCUT2D eigenvalue weighted by molar-refractivity contribution is 5.21. The molecule has 2 N–H and O–H groups in total. The molecule has 0 bridgehead atoms. The van der Waals surface area contributed by atoms with Gasteiger partial charge in [-0.05, 0) is 58.3 Å². The van der Waals surface area contributed by atoms with Crippen molar-refractivity contribution >= 4 is 0 Å². The van der Waals surface area contributed by atoms with Crippen molar-refractivity contribution < 1.29 is 5.11 Å². The van der Waals surface area contributed by atoms with E-state index in [1.807, 2.05) is 37.3 Å². The van der Waals surface area contributed by atoms with Crippen molar-refractivity contribution in [3.8, 4) is 0 Å². The van der Waals surface area contributed by atoms with Crippen LogP contribution >= 0.6 is 0 Å². The summed E-state index contributed by atoms with van der Waals surface area (Å²) in [5, 5.41) is 13.9. The summed E-state index contributed by atoms with van der Waals surface area (Å²) in [7, 11) is 0. The number of piperidine rings is 1. The van der Waals surface area contributed by atoms with Crippen LogP contribution in [0.15, 0.2) is 30.3 Å². The lowest BCUT2D eigenvalue weighted by atomic mass is 9.96. The van der Waals surface area contributed by atoms with Gasteiger partial charge in [0.05, 0.1) is 5.60 Å². The summed E-state index contributed by atoms with van der Waals surface area (Å²) in [6, 6.07) is 10.6. The van der Waals surface area contributed by atoms with E-state index in [1.165, 1.54) is 32.4 Å². The number of rotatable bonds is 7. The van der Waals surface area contributed by atoms with Crippen molar-refractivity contribution in [1.82, 2.24) is 10.2 Å². The van der Waals surface area contributed by atoms with E-state index in [0.29, 0.717) is 6.54 Å². The third-order valence-corrected chi connectivity index (χ3v) is 4.60. The summed E-state index contributed by atoms with van der Waals surface area (Å²) in [4.78, 5) is 2.60. The van der Waals surface area contributed by atoms with E-state index in [2.05, 4.69) is 17.1 Å². The highest BCUT2D eigenvalue weighted by Crippen LogP contribution is 2.19. The summed E-state index contributed by atoms with van der Waals surface area (Å²) in [5.74, 6) is 0. The Hall–Kier alpha value is -0.900. The molecule has 0 aromatic heterocycles. The number of hydrogen-bond donors (Lipinski definition) is 2. The van der Waals surface area contributed by atoms with E-state index in [-0.39, 0.29) is 0 Å². The summed E-state index contributed by atoms with van der Waals surface area (Å²) >= 11 is 0. The van der Waals surface area contributed by atoms with Gasteiger partial charge in [-0.25, -0.2) is 0 Å². The number of hydrogen-bond acceptors (Lipinski definition) is 3. The smallest absolute Gasteiger partial charge is 0.0992 e. The predicted molar refractivity (Wildman–Crippen MR) is 88.4 cm³/mol. The molecule has 1 fully saturated rings. The van der Waals surface area contributed by atoms with Crippen molar-refractivity contribution in [2.45, 2.75) is 51.2 Å². The Balaban J connectivity index is 1.65. The average Bonchev–Trinajstić information content (AvgIpc) is 2.49. The van der Waals surface area contributed by atoms with Crippen LogP contribution in [-0.2, 0) is 5.60 Å². The van der Waals surface area contributed by atoms with Gasteiger partial charge in [0.1, 0.15) is 0 Å². The molecule has 3 nitrogen and oxygen atoms in total. The SMILES string of the molecule is CC1CCCCN1CCCNCC(C)(O)c1ccccc1. The maximum atomic E-state index is 10.5. The topological polar surface area (TPSA) is 35.5 Å². The van der Waals surface area contributed by atoms with Gasteiger partial charge in [-0.3, -0.25) is 0 Å². The Bertz CT molecular complexity index is 405. The lowest BCUT2D eigenvalue weighted by Gasteiger charge is -2.33. The minimum absolute atomic E-state index is 0.604. The first-order valence-electron chi connectivity index (χ1n) is 8.32. The summed E-state index contributed by atoms with van der Waals surface area (Å²) in [6.07, 6.45) is 5.22. The second kappa shape index (κ2) is 7.92. The summed E-state index contributed by atoms with van der Waals surface area (Å²) in [6.45, 7) is 8.21. The van der Waals surface area contributed by atoms with Crippen LogP contribution in [0.3, 0.4) is 0 Å². The van der Waals surface area contributed by atoms with E-state index in [0.717, 1.165) is 24.6 Å². The van der Waals surface area contributed by atoms with E-state index >= 15 is 0 Å². The number of nitrogens with one attached hydrogen (secondary N) is 1. The molecule has 0 amide bonds. The minimum atomic E-state index is -0.792. The molecule has 1 aromatic carbocycles. The molecule has 0 aliphatic carbocycles. The van der Waals surface area contributed by atoms with E-state index in [1.54, 1.807) is 0 Å². The number of aliphatic hydroxyl groups is 1. The number of likely N-dealkylation sites (tertiary alicyclic amines) is 1. The fourth-order valence-electron chi connectivity index (χ4n) is 3.13. The summed E-state index contributed by atoms with van der Waals surface area (Å²) in [5.41, 5.74) is 0.182. The van der Waals surface area contributed by atoms with Crippen LogP contribution in [-0.4, -0.2) is 42.2 Å². The highest BCUT2D eigenvalue weighted by atomic mass is 16.3.